The Morgan fingerprint density at radius 2 is 2.17 bits per heavy atom. The average molecular weight is 352 g/mol. The summed E-state index contributed by atoms with van der Waals surface area (Å²) in [7, 11) is 1.71. The monoisotopic (exact) mass is 352 g/mol. The number of carbonyl (C=O) groups excluding carboxylic acids is 2. The van der Waals surface area contributed by atoms with Gasteiger partial charge in [0.2, 0.25) is 5.91 Å². The smallest absolute Gasteiger partial charge is 0.312 e. The van der Waals surface area contributed by atoms with Crippen molar-refractivity contribution < 1.29 is 9.59 Å². The molecule has 1 aromatic heterocycles. The first kappa shape index (κ1) is 17.6. The van der Waals surface area contributed by atoms with E-state index in [4.69, 9.17) is 5.73 Å². The molecule has 0 saturated heterocycles. The van der Waals surface area contributed by atoms with Crippen LogP contribution in [0.4, 0.5) is 4.79 Å². The van der Waals surface area contributed by atoms with Crippen molar-refractivity contribution >= 4 is 45.3 Å². The molecule has 0 aliphatic carbocycles. The van der Waals surface area contributed by atoms with Crippen molar-refractivity contribution in [3.63, 3.8) is 0 Å². The Labute approximate surface area is 143 Å². The molecule has 0 unspecified atom stereocenters. The van der Waals surface area contributed by atoms with Gasteiger partial charge in [-0.3, -0.25) is 4.79 Å². The minimum absolute atomic E-state index is 0.155. The van der Waals surface area contributed by atoms with Crippen LogP contribution in [0.15, 0.2) is 24.3 Å². The molecular formula is C15H20N4O2S2. The number of hydrogen-bond donors (Lipinski definition) is 2. The molecule has 3 amide bonds. The normalized spacial score (nSPS) is 12.1. The van der Waals surface area contributed by atoms with Gasteiger partial charge in [0.15, 0.2) is 0 Å². The molecule has 0 bridgehead atoms. The third kappa shape index (κ3) is 4.84. The number of primary amides is 1. The zero-order chi connectivity index (χ0) is 16.8. The van der Waals surface area contributed by atoms with E-state index in [0.29, 0.717) is 13.0 Å². The van der Waals surface area contributed by atoms with Gasteiger partial charge in [0.25, 0.3) is 0 Å². The Morgan fingerprint density at radius 1 is 1.43 bits per heavy atom. The predicted octanol–water partition coefficient (Wildman–Crippen LogP) is 2.04. The molecule has 0 aliphatic heterocycles. The number of urea groups is 1. The van der Waals surface area contributed by atoms with Crippen molar-refractivity contribution in [3.8, 4) is 0 Å². The van der Waals surface area contributed by atoms with Crippen molar-refractivity contribution in [2.45, 2.75) is 19.0 Å². The molecule has 1 aromatic carbocycles. The van der Waals surface area contributed by atoms with Crippen molar-refractivity contribution in [3.05, 3.63) is 29.3 Å². The topological polar surface area (TPSA) is 88.3 Å². The number of thiazole rings is 1. The Kier molecular flexibility index (Phi) is 6.23. The summed E-state index contributed by atoms with van der Waals surface area (Å²) in [6, 6.07) is 6.59. The van der Waals surface area contributed by atoms with Crippen molar-refractivity contribution in [1.29, 1.82) is 0 Å². The number of nitrogens with two attached hydrogens (primary N) is 1. The van der Waals surface area contributed by atoms with Gasteiger partial charge in [-0.25, -0.2) is 9.78 Å². The van der Waals surface area contributed by atoms with Crippen LogP contribution >= 0.6 is 23.1 Å². The maximum atomic E-state index is 12.5. The number of amides is 3. The largest absolute Gasteiger partial charge is 0.352 e. The molecular weight excluding hydrogens is 332 g/mol. The number of benzene rings is 1. The minimum atomic E-state index is -0.683. The zero-order valence-electron chi connectivity index (χ0n) is 13.1. The van der Waals surface area contributed by atoms with E-state index in [9.17, 15) is 9.59 Å². The molecule has 2 aromatic rings. The second-order valence-corrected chi connectivity index (χ2v) is 7.21. The molecule has 3 N–H and O–H groups in total. The van der Waals surface area contributed by atoms with Gasteiger partial charge in [-0.05, 0) is 30.6 Å². The number of aromatic nitrogens is 1. The highest BCUT2D eigenvalue weighted by molar-refractivity contribution is 7.98. The maximum Gasteiger partial charge on any atom is 0.312 e. The number of rotatable bonds is 7. The number of thioether (sulfide) groups is 1. The van der Waals surface area contributed by atoms with Gasteiger partial charge in [0, 0.05) is 7.05 Å². The minimum Gasteiger partial charge on any atom is -0.352 e. The third-order valence-electron chi connectivity index (χ3n) is 3.31. The lowest BCUT2D eigenvalue weighted by Gasteiger charge is -2.23. The fourth-order valence-corrected chi connectivity index (χ4v) is 3.69. The van der Waals surface area contributed by atoms with Crippen molar-refractivity contribution in [2.24, 2.45) is 5.73 Å². The molecule has 23 heavy (non-hydrogen) atoms. The van der Waals surface area contributed by atoms with Crippen LogP contribution in [0.2, 0.25) is 0 Å². The molecule has 124 valence electrons. The van der Waals surface area contributed by atoms with Gasteiger partial charge in [-0.2, -0.15) is 11.8 Å². The molecule has 0 radical (unpaired) electrons. The van der Waals surface area contributed by atoms with Crippen LogP contribution in [-0.4, -0.2) is 46.9 Å². The summed E-state index contributed by atoms with van der Waals surface area (Å²) >= 11 is 3.19. The molecule has 1 atom stereocenters. The average Bonchev–Trinajstić information content (AvgIpc) is 2.92. The molecule has 8 heteroatoms. The first-order chi connectivity index (χ1) is 11.0. The lowest BCUT2D eigenvalue weighted by molar-refractivity contribution is -0.132. The van der Waals surface area contributed by atoms with Gasteiger partial charge in [-0.1, -0.05) is 12.1 Å². The van der Waals surface area contributed by atoms with Gasteiger partial charge in [-0.15, -0.1) is 11.3 Å². The van der Waals surface area contributed by atoms with Gasteiger partial charge < -0.3 is 16.0 Å². The first-order valence-electron chi connectivity index (χ1n) is 7.15. The van der Waals surface area contributed by atoms with Crippen LogP contribution in [-0.2, 0) is 11.3 Å². The van der Waals surface area contributed by atoms with E-state index in [0.717, 1.165) is 21.0 Å². The third-order valence-corrected chi connectivity index (χ3v) is 4.98. The van der Waals surface area contributed by atoms with E-state index < -0.39 is 12.1 Å². The maximum absolute atomic E-state index is 12.5. The Morgan fingerprint density at radius 3 is 2.83 bits per heavy atom. The summed E-state index contributed by atoms with van der Waals surface area (Å²) in [5, 5.41) is 3.39. The molecule has 0 spiro atoms. The molecule has 0 fully saturated rings. The Balaban J connectivity index is 2.05. The van der Waals surface area contributed by atoms with Crippen LogP contribution in [0.25, 0.3) is 10.2 Å². The Bertz CT molecular complexity index is 656. The molecule has 0 aliphatic rings. The summed E-state index contributed by atoms with van der Waals surface area (Å²) in [6.07, 6.45) is 2.50. The number of likely N-dealkylation sites (N-methyl/N-ethyl adjacent to an activating group) is 1. The highest BCUT2D eigenvalue weighted by atomic mass is 32.2. The number of hydrogen-bond acceptors (Lipinski definition) is 5. The van der Waals surface area contributed by atoms with E-state index >= 15 is 0 Å². The predicted molar refractivity (Wildman–Crippen MR) is 95.6 cm³/mol. The lowest BCUT2D eigenvalue weighted by atomic mass is 10.2. The fraction of sp³-hybridized carbons (Fsp3) is 0.400. The van der Waals surface area contributed by atoms with Gasteiger partial charge in [0.1, 0.15) is 11.0 Å². The quantitative estimate of drug-likeness (QED) is 0.798. The standard InChI is InChI=1S/C15H20N4O2S2/c1-19(14(20)11(7-8-22-2)18-15(16)21)9-13-17-10-5-3-4-6-12(10)23-13/h3-6,11H,7-9H2,1-2H3,(H3,16,18,21)/t11-/m1/s1. The number of nitrogens with zero attached hydrogens (tertiary/aromatic N) is 2. The zero-order valence-corrected chi connectivity index (χ0v) is 14.7. The van der Waals surface area contributed by atoms with Crippen LogP contribution < -0.4 is 11.1 Å². The summed E-state index contributed by atoms with van der Waals surface area (Å²) in [6.45, 7) is 0.411. The van der Waals surface area contributed by atoms with Crippen LogP contribution in [0.3, 0.4) is 0 Å². The molecule has 1 heterocycles. The van der Waals surface area contributed by atoms with Crippen LogP contribution in [0, 0.1) is 0 Å². The molecule has 0 saturated carbocycles. The highest BCUT2D eigenvalue weighted by Crippen LogP contribution is 2.22. The van der Waals surface area contributed by atoms with E-state index in [2.05, 4.69) is 10.3 Å². The SMILES string of the molecule is CSCC[C@@H](NC(N)=O)C(=O)N(C)Cc1nc2ccccc2s1. The first-order valence-corrected chi connectivity index (χ1v) is 9.36. The molecule has 2 rings (SSSR count). The van der Waals surface area contributed by atoms with Gasteiger partial charge >= 0.3 is 6.03 Å². The van der Waals surface area contributed by atoms with E-state index in [1.807, 2.05) is 30.5 Å². The Hall–Kier alpha value is -1.80. The summed E-state index contributed by atoms with van der Waals surface area (Å²) < 4.78 is 1.09. The van der Waals surface area contributed by atoms with Crippen LogP contribution in [0.5, 0.6) is 0 Å². The summed E-state index contributed by atoms with van der Waals surface area (Å²) in [5.74, 6) is 0.614. The van der Waals surface area contributed by atoms with Crippen LogP contribution in [0.1, 0.15) is 11.4 Å². The number of fused-ring (bicyclic) bond motifs is 1. The van der Waals surface area contributed by atoms with Gasteiger partial charge in [0.05, 0.1) is 16.8 Å². The van der Waals surface area contributed by atoms with E-state index in [-0.39, 0.29) is 5.91 Å². The number of para-hydroxylation sites is 1. The van der Waals surface area contributed by atoms with Crippen molar-refractivity contribution in [2.75, 3.05) is 19.1 Å². The fourth-order valence-electron chi connectivity index (χ4n) is 2.20. The second-order valence-electron chi connectivity index (χ2n) is 5.11. The summed E-state index contributed by atoms with van der Waals surface area (Å²) in [5.41, 5.74) is 6.10. The summed E-state index contributed by atoms with van der Waals surface area (Å²) in [4.78, 5) is 29.7. The molecule has 6 nitrogen and oxygen atoms in total. The van der Waals surface area contributed by atoms with E-state index in [1.165, 1.54) is 0 Å². The van der Waals surface area contributed by atoms with Crippen molar-refractivity contribution in [1.82, 2.24) is 15.2 Å². The second kappa shape index (κ2) is 8.16. The highest BCUT2D eigenvalue weighted by Gasteiger charge is 2.23. The van der Waals surface area contributed by atoms with E-state index in [1.54, 1.807) is 35.0 Å². The number of carbonyl (C=O) groups is 2. The lowest BCUT2D eigenvalue weighted by Crippen LogP contribution is -2.49. The number of nitrogens with one attached hydrogen (secondary N) is 1.